The van der Waals surface area contributed by atoms with Crippen LogP contribution in [0.15, 0.2) is 59.6 Å². The molecule has 18 heavy (non-hydrogen) atoms. The standard InChI is InChI=1S/C15H15N3/c1-17-13-10-6-7-11-14(13)18(2)15(17)16-12-8-4-3-5-9-12/h3-11H,1-2H3. The van der Waals surface area contributed by atoms with E-state index in [9.17, 15) is 0 Å². The van der Waals surface area contributed by atoms with Crippen molar-refractivity contribution in [1.82, 2.24) is 9.13 Å². The summed E-state index contributed by atoms with van der Waals surface area (Å²) in [6.07, 6.45) is 0. The van der Waals surface area contributed by atoms with Gasteiger partial charge in [-0.15, -0.1) is 0 Å². The first-order chi connectivity index (χ1) is 8.77. The zero-order chi connectivity index (χ0) is 12.5. The lowest BCUT2D eigenvalue weighted by Crippen LogP contribution is -2.21. The van der Waals surface area contributed by atoms with Gasteiger partial charge in [0.05, 0.1) is 16.7 Å². The van der Waals surface area contributed by atoms with Gasteiger partial charge < -0.3 is 9.13 Å². The van der Waals surface area contributed by atoms with Crippen molar-refractivity contribution in [2.45, 2.75) is 0 Å². The topological polar surface area (TPSA) is 22.2 Å². The zero-order valence-electron chi connectivity index (χ0n) is 10.5. The Morgan fingerprint density at radius 2 is 1.22 bits per heavy atom. The quantitative estimate of drug-likeness (QED) is 0.621. The van der Waals surface area contributed by atoms with Gasteiger partial charge in [0.15, 0.2) is 0 Å². The molecule has 0 fully saturated rings. The average Bonchev–Trinajstić information content (AvgIpc) is 2.66. The van der Waals surface area contributed by atoms with Crippen molar-refractivity contribution in [3.05, 3.63) is 60.2 Å². The Labute approximate surface area is 106 Å². The van der Waals surface area contributed by atoms with Gasteiger partial charge in [0.1, 0.15) is 0 Å². The molecule has 3 heteroatoms. The van der Waals surface area contributed by atoms with E-state index >= 15 is 0 Å². The molecule has 0 amide bonds. The maximum atomic E-state index is 4.70. The second kappa shape index (κ2) is 4.18. The van der Waals surface area contributed by atoms with Crippen LogP contribution in [-0.2, 0) is 14.1 Å². The summed E-state index contributed by atoms with van der Waals surface area (Å²) >= 11 is 0. The average molecular weight is 237 g/mol. The van der Waals surface area contributed by atoms with Crippen molar-refractivity contribution in [3.8, 4) is 0 Å². The highest BCUT2D eigenvalue weighted by Gasteiger charge is 2.04. The third-order valence-corrected chi connectivity index (χ3v) is 3.19. The molecule has 1 aromatic heterocycles. The molecule has 0 atom stereocenters. The predicted molar refractivity (Wildman–Crippen MR) is 73.6 cm³/mol. The molecule has 0 saturated heterocycles. The maximum absolute atomic E-state index is 4.70. The molecule has 90 valence electrons. The van der Waals surface area contributed by atoms with E-state index in [2.05, 4.69) is 33.4 Å². The summed E-state index contributed by atoms with van der Waals surface area (Å²) in [6.45, 7) is 0. The zero-order valence-corrected chi connectivity index (χ0v) is 10.5. The molecule has 3 rings (SSSR count). The summed E-state index contributed by atoms with van der Waals surface area (Å²) in [5.41, 5.74) is 4.30. The van der Waals surface area contributed by atoms with Gasteiger partial charge in [-0.25, -0.2) is 4.99 Å². The maximum Gasteiger partial charge on any atom is 0.210 e. The molecule has 1 heterocycles. The van der Waals surface area contributed by atoms with Crippen molar-refractivity contribution in [2.24, 2.45) is 19.1 Å². The van der Waals surface area contributed by atoms with E-state index in [1.807, 2.05) is 44.4 Å². The van der Waals surface area contributed by atoms with Crippen LogP contribution in [0.25, 0.3) is 11.0 Å². The Morgan fingerprint density at radius 1 is 0.722 bits per heavy atom. The van der Waals surface area contributed by atoms with E-state index in [-0.39, 0.29) is 0 Å². The van der Waals surface area contributed by atoms with Crippen molar-refractivity contribution < 1.29 is 0 Å². The summed E-state index contributed by atoms with van der Waals surface area (Å²) in [7, 11) is 4.09. The number of nitrogens with zero attached hydrogens (tertiary/aromatic N) is 3. The molecule has 0 aliphatic heterocycles. The van der Waals surface area contributed by atoms with E-state index < -0.39 is 0 Å². The van der Waals surface area contributed by atoms with Gasteiger partial charge in [-0.05, 0) is 24.3 Å². The van der Waals surface area contributed by atoms with Gasteiger partial charge in [0, 0.05) is 14.1 Å². The van der Waals surface area contributed by atoms with Crippen LogP contribution in [0.3, 0.4) is 0 Å². The van der Waals surface area contributed by atoms with Crippen molar-refractivity contribution in [1.29, 1.82) is 0 Å². The minimum Gasteiger partial charge on any atom is -0.313 e. The number of aromatic nitrogens is 2. The molecular weight excluding hydrogens is 222 g/mol. The second-order valence-electron chi connectivity index (χ2n) is 4.35. The number of rotatable bonds is 1. The minimum absolute atomic E-state index is 0.947. The summed E-state index contributed by atoms with van der Waals surface area (Å²) < 4.78 is 4.23. The van der Waals surface area contributed by atoms with Crippen LogP contribution in [-0.4, -0.2) is 9.13 Å². The number of para-hydroxylation sites is 3. The Morgan fingerprint density at radius 3 is 1.78 bits per heavy atom. The van der Waals surface area contributed by atoms with Crippen LogP contribution in [0.5, 0.6) is 0 Å². The van der Waals surface area contributed by atoms with E-state index in [4.69, 9.17) is 4.99 Å². The van der Waals surface area contributed by atoms with Crippen LogP contribution >= 0.6 is 0 Å². The van der Waals surface area contributed by atoms with Crippen molar-refractivity contribution in [2.75, 3.05) is 0 Å². The normalized spacial score (nSPS) is 10.8. The predicted octanol–water partition coefficient (Wildman–Crippen LogP) is 2.75. The Balaban J connectivity index is 2.33. The highest BCUT2D eigenvalue weighted by Crippen LogP contribution is 2.12. The summed E-state index contributed by atoms with van der Waals surface area (Å²) in [4.78, 5) is 4.70. The Hall–Kier alpha value is -2.29. The van der Waals surface area contributed by atoms with Crippen LogP contribution in [0, 0.1) is 0 Å². The third kappa shape index (κ3) is 1.64. The van der Waals surface area contributed by atoms with Gasteiger partial charge >= 0.3 is 0 Å². The third-order valence-electron chi connectivity index (χ3n) is 3.19. The molecule has 2 aromatic carbocycles. The van der Waals surface area contributed by atoms with Crippen LogP contribution in [0.1, 0.15) is 0 Å². The Bertz CT molecular complexity index is 706. The smallest absolute Gasteiger partial charge is 0.210 e. The lowest BCUT2D eigenvalue weighted by Gasteiger charge is -1.96. The highest BCUT2D eigenvalue weighted by molar-refractivity contribution is 5.75. The highest BCUT2D eigenvalue weighted by atomic mass is 15.2. The number of hydrogen-bond acceptors (Lipinski definition) is 1. The molecule has 0 bridgehead atoms. The minimum atomic E-state index is 0.947. The first-order valence-corrected chi connectivity index (χ1v) is 5.97. The molecule has 0 unspecified atom stereocenters. The van der Waals surface area contributed by atoms with E-state index in [1.54, 1.807) is 0 Å². The van der Waals surface area contributed by atoms with E-state index in [1.165, 1.54) is 11.0 Å². The number of imidazole rings is 1. The van der Waals surface area contributed by atoms with Crippen LogP contribution < -0.4 is 5.62 Å². The SMILES string of the molecule is Cn1c(=Nc2ccccc2)n(C)c2ccccc21. The fourth-order valence-electron chi connectivity index (χ4n) is 2.24. The molecule has 0 radical (unpaired) electrons. The molecule has 0 aliphatic carbocycles. The number of benzene rings is 2. The first kappa shape index (κ1) is 10.8. The summed E-state index contributed by atoms with van der Waals surface area (Å²) in [6, 6.07) is 18.3. The molecule has 0 spiro atoms. The molecule has 0 N–H and O–H groups in total. The van der Waals surface area contributed by atoms with E-state index in [0.29, 0.717) is 0 Å². The van der Waals surface area contributed by atoms with Crippen molar-refractivity contribution in [3.63, 3.8) is 0 Å². The Kier molecular flexibility index (Phi) is 2.52. The monoisotopic (exact) mass is 237 g/mol. The largest absolute Gasteiger partial charge is 0.313 e. The fraction of sp³-hybridized carbons (Fsp3) is 0.133. The van der Waals surface area contributed by atoms with Crippen molar-refractivity contribution >= 4 is 16.7 Å². The molecule has 3 aromatic rings. The fourth-order valence-corrected chi connectivity index (χ4v) is 2.24. The molecule has 0 aliphatic rings. The van der Waals surface area contributed by atoms with Gasteiger partial charge in [0.25, 0.3) is 0 Å². The van der Waals surface area contributed by atoms with Gasteiger partial charge in [0.2, 0.25) is 5.62 Å². The summed E-state index contributed by atoms with van der Waals surface area (Å²) in [5.74, 6) is 0. The number of fused-ring (bicyclic) bond motifs is 1. The number of hydrogen-bond donors (Lipinski definition) is 0. The first-order valence-electron chi connectivity index (χ1n) is 5.97. The second-order valence-corrected chi connectivity index (χ2v) is 4.35. The van der Waals surface area contributed by atoms with Crippen LogP contribution in [0.4, 0.5) is 5.69 Å². The van der Waals surface area contributed by atoms with Crippen LogP contribution in [0.2, 0.25) is 0 Å². The lowest BCUT2D eigenvalue weighted by atomic mass is 10.3. The van der Waals surface area contributed by atoms with Gasteiger partial charge in [-0.3, -0.25) is 0 Å². The molecule has 3 nitrogen and oxygen atoms in total. The number of aryl methyl sites for hydroxylation is 2. The molecular formula is C15H15N3. The summed E-state index contributed by atoms with van der Waals surface area (Å²) in [5, 5.41) is 0. The van der Waals surface area contributed by atoms with E-state index in [0.717, 1.165) is 11.3 Å². The van der Waals surface area contributed by atoms with Gasteiger partial charge in [-0.1, -0.05) is 30.3 Å². The van der Waals surface area contributed by atoms with Gasteiger partial charge in [-0.2, -0.15) is 0 Å². The lowest BCUT2D eigenvalue weighted by molar-refractivity contribution is 0.764. The molecule has 0 saturated carbocycles.